The van der Waals surface area contributed by atoms with E-state index < -0.39 is 36.5 Å². The Kier molecular flexibility index (Phi) is 4.87. The normalized spacial score (nSPS) is 24.1. The molecule has 10 heteroatoms. The van der Waals surface area contributed by atoms with E-state index in [-0.39, 0.29) is 25.7 Å². The lowest BCUT2D eigenvalue weighted by Gasteiger charge is -2.28. The fourth-order valence-electron chi connectivity index (χ4n) is 1.70. The van der Waals surface area contributed by atoms with Crippen LogP contribution >= 0.6 is 0 Å². The molecule has 20 heavy (non-hydrogen) atoms. The topological polar surface area (TPSA) is 52.6 Å². The second kappa shape index (κ2) is 5.88. The molecule has 0 radical (unpaired) electrons. The second-order valence-corrected chi connectivity index (χ2v) is 4.20. The molecule has 0 aromatic carbocycles. The van der Waals surface area contributed by atoms with Crippen LogP contribution in [-0.4, -0.2) is 36.5 Å². The lowest BCUT2D eigenvalue weighted by atomic mass is 9.95. The molecule has 4 nitrogen and oxygen atoms in total. The molecule has 0 aliphatic heterocycles. The summed E-state index contributed by atoms with van der Waals surface area (Å²) in [6.07, 6.45) is -12.7. The summed E-state index contributed by atoms with van der Waals surface area (Å²) in [5.74, 6) is -4.68. The van der Waals surface area contributed by atoms with Crippen molar-refractivity contribution in [3.8, 4) is 0 Å². The van der Waals surface area contributed by atoms with Gasteiger partial charge in [0.2, 0.25) is 0 Å². The molecule has 0 bridgehead atoms. The van der Waals surface area contributed by atoms with Crippen molar-refractivity contribution in [2.45, 2.75) is 50.2 Å². The number of hydrogen-bond donors (Lipinski definition) is 0. The smallest absolute Gasteiger partial charge is 0.456 e. The number of rotatable bonds is 2. The van der Waals surface area contributed by atoms with Gasteiger partial charge in [-0.05, 0) is 25.7 Å². The summed E-state index contributed by atoms with van der Waals surface area (Å²) >= 11 is 0. The lowest BCUT2D eigenvalue weighted by molar-refractivity contribution is -0.211. The summed E-state index contributed by atoms with van der Waals surface area (Å²) in [5, 5.41) is 0. The standard InChI is InChI=1S/C10H10F6O4/c11-9(12,13)7(17)19-5-1-2-6(4-3-5)20-8(18)10(14,15)16/h5-6H,1-4H2. The van der Waals surface area contributed by atoms with Crippen LogP contribution in [0, 0.1) is 0 Å². The fraction of sp³-hybridized carbons (Fsp3) is 0.800. The van der Waals surface area contributed by atoms with E-state index in [0.717, 1.165) is 0 Å². The second-order valence-electron chi connectivity index (χ2n) is 4.20. The van der Waals surface area contributed by atoms with Gasteiger partial charge in [0.05, 0.1) is 0 Å². The van der Waals surface area contributed by atoms with Crippen molar-refractivity contribution >= 4 is 11.9 Å². The first kappa shape index (κ1) is 16.6. The SMILES string of the molecule is O=C(OC1CCC(OC(=O)C(F)(F)F)CC1)C(F)(F)F. The highest BCUT2D eigenvalue weighted by molar-refractivity contribution is 5.76. The third-order valence-corrected chi connectivity index (χ3v) is 2.63. The first-order valence-corrected chi connectivity index (χ1v) is 5.55. The number of hydrogen-bond acceptors (Lipinski definition) is 4. The molecule has 0 heterocycles. The number of alkyl halides is 6. The highest BCUT2D eigenvalue weighted by Gasteiger charge is 2.44. The van der Waals surface area contributed by atoms with Gasteiger partial charge in [0.25, 0.3) is 0 Å². The number of carbonyl (C=O) groups is 2. The third-order valence-electron chi connectivity index (χ3n) is 2.63. The third kappa shape index (κ3) is 4.89. The van der Waals surface area contributed by atoms with Crippen LogP contribution < -0.4 is 0 Å². The van der Waals surface area contributed by atoms with Gasteiger partial charge < -0.3 is 9.47 Å². The van der Waals surface area contributed by atoms with E-state index in [1.165, 1.54) is 0 Å². The van der Waals surface area contributed by atoms with Gasteiger partial charge >= 0.3 is 24.3 Å². The van der Waals surface area contributed by atoms with E-state index in [2.05, 4.69) is 9.47 Å². The van der Waals surface area contributed by atoms with Crippen molar-refractivity contribution in [1.29, 1.82) is 0 Å². The van der Waals surface area contributed by atoms with Crippen molar-refractivity contribution in [3.63, 3.8) is 0 Å². The van der Waals surface area contributed by atoms with Crippen LogP contribution in [0.1, 0.15) is 25.7 Å². The summed E-state index contributed by atoms with van der Waals surface area (Å²) in [4.78, 5) is 21.1. The molecule has 1 aliphatic carbocycles. The van der Waals surface area contributed by atoms with Crippen LogP contribution in [0.25, 0.3) is 0 Å². The van der Waals surface area contributed by atoms with E-state index in [1.54, 1.807) is 0 Å². The zero-order valence-electron chi connectivity index (χ0n) is 9.88. The Balaban J connectivity index is 2.37. The molecule has 0 amide bonds. The quantitative estimate of drug-likeness (QED) is 0.581. The van der Waals surface area contributed by atoms with Gasteiger partial charge in [-0.15, -0.1) is 0 Å². The Labute approximate surface area is 109 Å². The maximum Gasteiger partial charge on any atom is 0.490 e. The number of ether oxygens (including phenoxy) is 2. The first-order valence-electron chi connectivity index (χ1n) is 5.55. The van der Waals surface area contributed by atoms with Crippen LogP contribution in [0.15, 0.2) is 0 Å². The molecule has 0 N–H and O–H groups in total. The number of halogens is 6. The van der Waals surface area contributed by atoms with Gasteiger partial charge in [-0.3, -0.25) is 0 Å². The van der Waals surface area contributed by atoms with E-state index in [1.807, 2.05) is 0 Å². The van der Waals surface area contributed by atoms with Crippen LogP contribution in [0.5, 0.6) is 0 Å². The summed E-state index contributed by atoms with van der Waals surface area (Å²) in [7, 11) is 0. The molecular formula is C10H10F6O4. The van der Waals surface area contributed by atoms with Crippen molar-refractivity contribution in [1.82, 2.24) is 0 Å². The molecule has 0 saturated heterocycles. The summed E-state index contributed by atoms with van der Waals surface area (Å²) < 4.78 is 79.8. The van der Waals surface area contributed by atoms with Crippen molar-refractivity contribution in [3.05, 3.63) is 0 Å². The molecule has 116 valence electrons. The summed E-state index contributed by atoms with van der Waals surface area (Å²) in [6.45, 7) is 0. The zero-order valence-corrected chi connectivity index (χ0v) is 9.88. The molecule has 0 spiro atoms. The molecule has 0 unspecified atom stereocenters. The van der Waals surface area contributed by atoms with Crippen molar-refractivity contribution < 1.29 is 45.4 Å². The van der Waals surface area contributed by atoms with Gasteiger partial charge in [0.1, 0.15) is 12.2 Å². The predicted molar refractivity (Wildman–Crippen MR) is 50.3 cm³/mol. The predicted octanol–water partition coefficient (Wildman–Crippen LogP) is 2.51. The van der Waals surface area contributed by atoms with E-state index in [4.69, 9.17) is 0 Å². The van der Waals surface area contributed by atoms with E-state index in [0.29, 0.717) is 0 Å². The summed E-state index contributed by atoms with van der Waals surface area (Å²) in [5.41, 5.74) is 0. The van der Waals surface area contributed by atoms with Gasteiger partial charge in [-0.2, -0.15) is 26.3 Å². The van der Waals surface area contributed by atoms with Gasteiger partial charge in [-0.25, -0.2) is 9.59 Å². The maximum absolute atomic E-state index is 11.9. The molecular weight excluding hydrogens is 298 g/mol. The first-order chi connectivity index (χ1) is 9.00. The van der Waals surface area contributed by atoms with Crippen molar-refractivity contribution in [2.75, 3.05) is 0 Å². The molecule has 1 saturated carbocycles. The highest BCUT2D eigenvalue weighted by Crippen LogP contribution is 2.28. The van der Waals surface area contributed by atoms with E-state index in [9.17, 15) is 35.9 Å². The average molecular weight is 308 g/mol. The zero-order chi connectivity index (χ0) is 15.6. The van der Waals surface area contributed by atoms with Crippen LogP contribution in [0.2, 0.25) is 0 Å². The van der Waals surface area contributed by atoms with Gasteiger partial charge in [-0.1, -0.05) is 0 Å². The molecule has 0 aromatic heterocycles. The van der Waals surface area contributed by atoms with Gasteiger partial charge in [0.15, 0.2) is 0 Å². The highest BCUT2D eigenvalue weighted by atomic mass is 19.4. The largest absolute Gasteiger partial charge is 0.490 e. The Morgan fingerprint density at radius 1 is 0.700 bits per heavy atom. The minimum absolute atomic E-state index is 0.0996. The Hall–Kier alpha value is -1.48. The lowest BCUT2D eigenvalue weighted by Crippen LogP contribution is -2.36. The minimum atomic E-state index is -5.11. The Morgan fingerprint density at radius 2 is 0.950 bits per heavy atom. The molecule has 1 aliphatic rings. The van der Waals surface area contributed by atoms with Crippen LogP contribution in [-0.2, 0) is 19.1 Å². The van der Waals surface area contributed by atoms with E-state index >= 15 is 0 Å². The number of carbonyl (C=O) groups excluding carboxylic acids is 2. The molecule has 0 aromatic rings. The summed E-state index contributed by atoms with van der Waals surface area (Å²) in [6, 6.07) is 0. The average Bonchev–Trinajstić information content (AvgIpc) is 2.29. The molecule has 1 rings (SSSR count). The minimum Gasteiger partial charge on any atom is -0.456 e. The monoisotopic (exact) mass is 308 g/mol. The fourth-order valence-corrected chi connectivity index (χ4v) is 1.70. The maximum atomic E-state index is 11.9. The van der Waals surface area contributed by atoms with Crippen LogP contribution in [0.4, 0.5) is 26.3 Å². The molecule has 0 atom stereocenters. The van der Waals surface area contributed by atoms with Crippen molar-refractivity contribution in [2.24, 2.45) is 0 Å². The Bertz CT molecular complexity index is 331. The van der Waals surface area contributed by atoms with Gasteiger partial charge in [0, 0.05) is 0 Å². The number of esters is 2. The van der Waals surface area contributed by atoms with Crippen LogP contribution in [0.3, 0.4) is 0 Å². The Morgan fingerprint density at radius 3 is 1.15 bits per heavy atom. The molecule has 1 fully saturated rings.